The molecule has 0 saturated heterocycles. The fourth-order valence-corrected chi connectivity index (χ4v) is 2.57. The van der Waals surface area contributed by atoms with Crippen LogP contribution in [0.3, 0.4) is 0 Å². The van der Waals surface area contributed by atoms with Crippen LogP contribution in [0.1, 0.15) is 50.0 Å². The van der Waals surface area contributed by atoms with Gasteiger partial charge in [-0.3, -0.25) is 4.79 Å². The van der Waals surface area contributed by atoms with Gasteiger partial charge in [0, 0.05) is 13.1 Å². The molecule has 1 amide bonds. The lowest BCUT2D eigenvalue weighted by Gasteiger charge is -2.38. The molecule has 1 atom stereocenters. The van der Waals surface area contributed by atoms with Crippen LogP contribution in [-0.2, 0) is 0 Å². The van der Waals surface area contributed by atoms with Gasteiger partial charge in [-0.15, -0.1) is 0 Å². The lowest BCUT2D eigenvalue weighted by molar-refractivity contribution is 0.0848. The Labute approximate surface area is 114 Å². The molecular formula is C14H22N4O. The first-order valence-corrected chi connectivity index (χ1v) is 6.83. The highest BCUT2D eigenvalue weighted by Crippen LogP contribution is 2.35. The van der Waals surface area contributed by atoms with Crippen molar-refractivity contribution < 1.29 is 4.79 Å². The third kappa shape index (κ3) is 3.22. The predicted molar refractivity (Wildman–Crippen MR) is 75.1 cm³/mol. The van der Waals surface area contributed by atoms with Gasteiger partial charge in [-0.2, -0.15) is 0 Å². The number of nitrogens with zero attached hydrogens (tertiary/aromatic N) is 2. The highest BCUT2D eigenvalue weighted by molar-refractivity contribution is 5.92. The number of aromatic nitrogens is 2. The summed E-state index contributed by atoms with van der Waals surface area (Å²) in [5.74, 6) is 0.532. The monoisotopic (exact) mass is 262 g/mol. The van der Waals surface area contributed by atoms with Crippen LogP contribution in [0.15, 0.2) is 12.4 Å². The summed E-state index contributed by atoms with van der Waals surface area (Å²) in [5, 5.41) is 5.98. The minimum atomic E-state index is -0.130. The summed E-state index contributed by atoms with van der Waals surface area (Å²) in [7, 11) is 1.77. The second-order valence-electron chi connectivity index (χ2n) is 5.80. The van der Waals surface area contributed by atoms with Gasteiger partial charge in [0.25, 0.3) is 5.91 Å². The number of hydrogen-bond acceptors (Lipinski definition) is 4. The summed E-state index contributed by atoms with van der Waals surface area (Å²) in [6.07, 6.45) is 7.70. The second-order valence-corrected chi connectivity index (χ2v) is 5.80. The molecule has 1 unspecified atom stereocenters. The van der Waals surface area contributed by atoms with Crippen LogP contribution in [0.25, 0.3) is 0 Å². The summed E-state index contributed by atoms with van der Waals surface area (Å²) in [6, 6.07) is 0.222. The fourth-order valence-electron chi connectivity index (χ4n) is 2.57. The van der Waals surface area contributed by atoms with Gasteiger partial charge in [-0.25, -0.2) is 9.97 Å². The average molecular weight is 262 g/mol. The van der Waals surface area contributed by atoms with E-state index in [9.17, 15) is 4.79 Å². The molecule has 0 radical (unpaired) electrons. The van der Waals surface area contributed by atoms with E-state index in [-0.39, 0.29) is 17.4 Å². The summed E-state index contributed by atoms with van der Waals surface area (Å²) in [4.78, 5) is 20.4. The lowest BCUT2D eigenvalue weighted by Crippen LogP contribution is -2.47. The maximum Gasteiger partial charge on any atom is 0.271 e. The Morgan fingerprint density at radius 1 is 1.32 bits per heavy atom. The molecule has 0 aromatic carbocycles. The predicted octanol–water partition coefficient (Wildman–Crippen LogP) is 2.22. The number of nitrogens with one attached hydrogen (secondary N) is 2. The standard InChI is InChI=1S/C14H22N4O/c1-14(2)7-5-4-6-11(14)18-13(19)10-8-17-12(15-3)9-16-10/h8-9,11H,4-7H2,1-3H3,(H,15,17)(H,18,19). The van der Waals surface area contributed by atoms with Crippen molar-refractivity contribution >= 4 is 11.7 Å². The maximum atomic E-state index is 12.2. The third-order valence-corrected chi connectivity index (χ3v) is 3.95. The minimum absolute atomic E-state index is 0.130. The van der Waals surface area contributed by atoms with E-state index in [1.165, 1.54) is 19.0 Å². The van der Waals surface area contributed by atoms with Gasteiger partial charge in [0.15, 0.2) is 0 Å². The van der Waals surface area contributed by atoms with Crippen molar-refractivity contribution in [3.63, 3.8) is 0 Å². The number of amides is 1. The van der Waals surface area contributed by atoms with Gasteiger partial charge in [0.1, 0.15) is 11.5 Å². The highest BCUT2D eigenvalue weighted by atomic mass is 16.1. The van der Waals surface area contributed by atoms with Crippen LogP contribution >= 0.6 is 0 Å². The normalized spacial score (nSPS) is 21.7. The number of rotatable bonds is 3. The summed E-state index contributed by atoms with van der Waals surface area (Å²) >= 11 is 0. The van der Waals surface area contributed by atoms with E-state index >= 15 is 0 Å². The molecule has 1 aromatic rings. The van der Waals surface area contributed by atoms with Crippen LogP contribution in [0.2, 0.25) is 0 Å². The van der Waals surface area contributed by atoms with Crippen LogP contribution < -0.4 is 10.6 Å². The van der Waals surface area contributed by atoms with E-state index < -0.39 is 0 Å². The second kappa shape index (κ2) is 5.55. The molecule has 1 saturated carbocycles. The SMILES string of the molecule is CNc1cnc(C(=O)NC2CCCCC2(C)C)cn1. The molecular weight excluding hydrogens is 240 g/mol. The Morgan fingerprint density at radius 3 is 2.68 bits per heavy atom. The molecule has 104 valence electrons. The Kier molecular flexibility index (Phi) is 4.02. The Morgan fingerprint density at radius 2 is 2.11 bits per heavy atom. The molecule has 0 bridgehead atoms. The van der Waals surface area contributed by atoms with Gasteiger partial charge in [0.05, 0.1) is 12.4 Å². The molecule has 1 aliphatic carbocycles. The zero-order valence-electron chi connectivity index (χ0n) is 11.9. The number of carbonyl (C=O) groups excluding carboxylic acids is 1. The quantitative estimate of drug-likeness (QED) is 0.876. The lowest BCUT2D eigenvalue weighted by atomic mass is 9.73. The first-order valence-electron chi connectivity index (χ1n) is 6.83. The van der Waals surface area contributed by atoms with E-state index in [2.05, 4.69) is 34.4 Å². The summed E-state index contributed by atoms with van der Waals surface area (Å²) in [5.41, 5.74) is 0.534. The van der Waals surface area contributed by atoms with Crippen molar-refractivity contribution in [2.24, 2.45) is 5.41 Å². The molecule has 0 aliphatic heterocycles. The average Bonchev–Trinajstić information content (AvgIpc) is 2.41. The number of anilines is 1. The molecule has 1 fully saturated rings. The number of hydrogen-bond donors (Lipinski definition) is 2. The van der Waals surface area contributed by atoms with Crippen molar-refractivity contribution in [2.75, 3.05) is 12.4 Å². The summed E-state index contributed by atoms with van der Waals surface area (Å²) in [6.45, 7) is 4.43. The minimum Gasteiger partial charge on any atom is -0.372 e. The fraction of sp³-hybridized carbons (Fsp3) is 0.643. The molecule has 19 heavy (non-hydrogen) atoms. The van der Waals surface area contributed by atoms with Crippen molar-refractivity contribution in [2.45, 2.75) is 45.6 Å². The largest absolute Gasteiger partial charge is 0.372 e. The topological polar surface area (TPSA) is 66.9 Å². The van der Waals surface area contributed by atoms with E-state index in [1.807, 2.05) is 0 Å². The molecule has 2 rings (SSSR count). The van der Waals surface area contributed by atoms with Crippen molar-refractivity contribution in [3.05, 3.63) is 18.1 Å². The zero-order chi connectivity index (χ0) is 13.9. The van der Waals surface area contributed by atoms with Gasteiger partial charge >= 0.3 is 0 Å². The van der Waals surface area contributed by atoms with E-state index in [0.717, 1.165) is 12.8 Å². The van der Waals surface area contributed by atoms with Crippen LogP contribution in [0, 0.1) is 5.41 Å². The van der Waals surface area contributed by atoms with Crippen LogP contribution in [0.5, 0.6) is 0 Å². The van der Waals surface area contributed by atoms with Crippen molar-refractivity contribution in [1.82, 2.24) is 15.3 Å². The van der Waals surface area contributed by atoms with Crippen molar-refractivity contribution in [3.8, 4) is 0 Å². The molecule has 1 heterocycles. The van der Waals surface area contributed by atoms with E-state index in [4.69, 9.17) is 0 Å². The molecule has 1 aromatic heterocycles. The maximum absolute atomic E-state index is 12.2. The first-order chi connectivity index (χ1) is 9.03. The van der Waals surface area contributed by atoms with Gasteiger partial charge < -0.3 is 10.6 Å². The van der Waals surface area contributed by atoms with Crippen LogP contribution in [0.4, 0.5) is 5.82 Å². The smallest absolute Gasteiger partial charge is 0.271 e. The van der Waals surface area contributed by atoms with Crippen LogP contribution in [-0.4, -0.2) is 29.0 Å². The molecule has 0 spiro atoms. The molecule has 1 aliphatic rings. The van der Waals surface area contributed by atoms with E-state index in [1.54, 1.807) is 13.2 Å². The Balaban J connectivity index is 2.03. The number of carbonyl (C=O) groups is 1. The van der Waals surface area contributed by atoms with Gasteiger partial charge in [0.2, 0.25) is 0 Å². The summed E-state index contributed by atoms with van der Waals surface area (Å²) < 4.78 is 0. The zero-order valence-corrected chi connectivity index (χ0v) is 11.9. The Bertz CT molecular complexity index is 441. The molecule has 2 N–H and O–H groups in total. The first kappa shape index (κ1) is 13.8. The third-order valence-electron chi connectivity index (χ3n) is 3.95. The van der Waals surface area contributed by atoms with Gasteiger partial charge in [-0.1, -0.05) is 26.7 Å². The molecule has 5 heteroatoms. The Hall–Kier alpha value is -1.65. The van der Waals surface area contributed by atoms with Gasteiger partial charge in [-0.05, 0) is 18.3 Å². The van der Waals surface area contributed by atoms with Crippen molar-refractivity contribution in [1.29, 1.82) is 0 Å². The van der Waals surface area contributed by atoms with E-state index in [0.29, 0.717) is 11.5 Å². The molecule has 5 nitrogen and oxygen atoms in total. The highest BCUT2D eigenvalue weighted by Gasteiger charge is 2.33.